The van der Waals surface area contributed by atoms with Crippen molar-refractivity contribution in [2.24, 2.45) is 5.92 Å². The molecule has 1 unspecified atom stereocenters. The summed E-state index contributed by atoms with van der Waals surface area (Å²) in [6.45, 7) is 3.49. The molecule has 0 heterocycles. The molecule has 0 aliphatic heterocycles. The van der Waals surface area contributed by atoms with Crippen LogP contribution in [0.2, 0.25) is 0 Å². The molecule has 1 aromatic carbocycles. The number of rotatable bonds is 3. The van der Waals surface area contributed by atoms with Crippen molar-refractivity contribution >= 4 is 21.9 Å². The number of hydrogen-bond donors (Lipinski definition) is 2. The lowest BCUT2D eigenvalue weighted by Gasteiger charge is -2.11. The molecule has 2 N–H and O–H groups in total. The largest absolute Gasteiger partial charge is 0.508 e. The fraction of sp³-hybridized carbons (Fsp3) is 0.364. The van der Waals surface area contributed by atoms with Gasteiger partial charge in [0.1, 0.15) is 5.75 Å². The summed E-state index contributed by atoms with van der Waals surface area (Å²) in [5, 5.41) is 18.5. The van der Waals surface area contributed by atoms with E-state index in [0.29, 0.717) is 12.0 Å². The Balaban J connectivity index is 3.00. The van der Waals surface area contributed by atoms with Crippen LogP contribution in [0.3, 0.4) is 0 Å². The standard InChI is InChI=1S/C11H13BrO3/c1-6-3-9(12)8(10(13)4-6)5-7(2)11(14)15/h3-4,7,13H,5H2,1-2H3,(H,14,15). The van der Waals surface area contributed by atoms with E-state index in [1.165, 1.54) is 0 Å². The Kier molecular flexibility index (Phi) is 3.74. The molecule has 0 aliphatic carbocycles. The van der Waals surface area contributed by atoms with Gasteiger partial charge in [-0.05, 0) is 31.0 Å². The Morgan fingerprint density at radius 3 is 2.60 bits per heavy atom. The molecule has 3 nitrogen and oxygen atoms in total. The molecule has 82 valence electrons. The van der Waals surface area contributed by atoms with Gasteiger partial charge in [0.25, 0.3) is 0 Å². The number of halogens is 1. The van der Waals surface area contributed by atoms with Crippen LogP contribution in [0.5, 0.6) is 5.75 Å². The maximum absolute atomic E-state index is 10.7. The number of phenolic OH excluding ortho intramolecular Hbond substituents is 1. The maximum atomic E-state index is 10.7. The first-order chi connectivity index (χ1) is 6.91. The van der Waals surface area contributed by atoms with Gasteiger partial charge in [-0.1, -0.05) is 22.9 Å². The van der Waals surface area contributed by atoms with E-state index in [4.69, 9.17) is 5.11 Å². The monoisotopic (exact) mass is 272 g/mol. The zero-order valence-corrected chi connectivity index (χ0v) is 10.2. The minimum atomic E-state index is -0.859. The third-order valence-electron chi connectivity index (χ3n) is 2.25. The van der Waals surface area contributed by atoms with Crippen LogP contribution >= 0.6 is 15.9 Å². The van der Waals surface area contributed by atoms with Gasteiger partial charge in [-0.2, -0.15) is 0 Å². The van der Waals surface area contributed by atoms with E-state index in [0.717, 1.165) is 10.0 Å². The van der Waals surface area contributed by atoms with Crippen molar-refractivity contribution in [1.29, 1.82) is 0 Å². The first-order valence-corrected chi connectivity index (χ1v) is 5.42. The zero-order valence-electron chi connectivity index (χ0n) is 8.62. The molecule has 15 heavy (non-hydrogen) atoms. The van der Waals surface area contributed by atoms with Crippen molar-refractivity contribution in [2.45, 2.75) is 20.3 Å². The molecular weight excluding hydrogens is 260 g/mol. The SMILES string of the molecule is Cc1cc(O)c(CC(C)C(=O)O)c(Br)c1. The van der Waals surface area contributed by atoms with Gasteiger partial charge in [-0.3, -0.25) is 4.79 Å². The smallest absolute Gasteiger partial charge is 0.306 e. The van der Waals surface area contributed by atoms with Crippen molar-refractivity contribution in [2.75, 3.05) is 0 Å². The molecule has 0 bridgehead atoms. The Morgan fingerprint density at radius 1 is 1.53 bits per heavy atom. The summed E-state index contributed by atoms with van der Waals surface area (Å²) in [5.74, 6) is -1.22. The lowest BCUT2D eigenvalue weighted by atomic mass is 9.99. The van der Waals surface area contributed by atoms with Crippen LogP contribution in [-0.4, -0.2) is 16.2 Å². The average molecular weight is 273 g/mol. The number of phenols is 1. The molecule has 0 saturated heterocycles. The summed E-state index contributed by atoms with van der Waals surface area (Å²) in [5.41, 5.74) is 1.58. The minimum Gasteiger partial charge on any atom is -0.508 e. The second-order valence-electron chi connectivity index (χ2n) is 3.69. The molecule has 1 rings (SSSR count). The third-order valence-corrected chi connectivity index (χ3v) is 2.96. The first-order valence-electron chi connectivity index (χ1n) is 4.62. The molecule has 0 aliphatic rings. The van der Waals surface area contributed by atoms with E-state index >= 15 is 0 Å². The predicted octanol–water partition coefficient (Wildman–Crippen LogP) is 2.73. The Labute approximate surface area is 96.9 Å². The molecule has 4 heteroatoms. The Bertz CT molecular complexity index is 364. The maximum Gasteiger partial charge on any atom is 0.306 e. The van der Waals surface area contributed by atoms with Gasteiger partial charge in [0, 0.05) is 10.0 Å². The summed E-state index contributed by atoms with van der Waals surface area (Å²) in [4.78, 5) is 10.7. The number of carboxylic acids is 1. The van der Waals surface area contributed by atoms with Crippen LogP contribution in [0.15, 0.2) is 16.6 Å². The lowest BCUT2D eigenvalue weighted by molar-refractivity contribution is -0.141. The highest BCUT2D eigenvalue weighted by Crippen LogP contribution is 2.30. The van der Waals surface area contributed by atoms with Crippen molar-refractivity contribution in [1.82, 2.24) is 0 Å². The number of carboxylic acid groups (broad SMARTS) is 1. The number of benzene rings is 1. The van der Waals surface area contributed by atoms with E-state index in [9.17, 15) is 9.90 Å². The molecule has 0 spiro atoms. The van der Waals surface area contributed by atoms with Gasteiger partial charge >= 0.3 is 5.97 Å². The first kappa shape index (κ1) is 12.0. The van der Waals surface area contributed by atoms with Crippen LogP contribution in [0, 0.1) is 12.8 Å². The van der Waals surface area contributed by atoms with E-state index in [2.05, 4.69) is 15.9 Å². The number of carbonyl (C=O) groups is 1. The fourth-order valence-electron chi connectivity index (χ4n) is 1.35. The summed E-state index contributed by atoms with van der Waals surface area (Å²) >= 11 is 3.32. The van der Waals surface area contributed by atoms with Gasteiger partial charge in [0.05, 0.1) is 5.92 Å². The van der Waals surface area contributed by atoms with Crippen molar-refractivity contribution in [3.8, 4) is 5.75 Å². The number of aromatic hydroxyl groups is 1. The highest BCUT2D eigenvalue weighted by Gasteiger charge is 2.16. The van der Waals surface area contributed by atoms with E-state index in [1.807, 2.05) is 13.0 Å². The summed E-state index contributed by atoms with van der Waals surface area (Å²) in [6.07, 6.45) is 0.321. The predicted molar refractivity (Wildman–Crippen MR) is 61.0 cm³/mol. The number of aliphatic carboxylic acids is 1. The number of aryl methyl sites for hydroxylation is 1. The quantitative estimate of drug-likeness (QED) is 0.890. The molecule has 0 fully saturated rings. The van der Waals surface area contributed by atoms with Crippen LogP contribution in [0.4, 0.5) is 0 Å². The highest BCUT2D eigenvalue weighted by atomic mass is 79.9. The van der Waals surface area contributed by atoms with Gasteiger partial charge in [-0.25, -0.2) is 0 Å². The highest BCUT2D eigenvalue weighted by molar-refractivity contribution is 9.10. The molecule has 0 radical (unpaired) electrons. The van der Waals surface area contributed by atoms with E-state index in [1.54, 1.807) is 13.0 Å². The van der Waals surface area contributed by atoms with Gasteiger partial charge < -0.3 is 10.2 Å². The molecule has 1 atom stereocenters. The van der Waals surface area contributed by atoms with Gasteiger partial charge in [-0.15, -0.1) is 0 Å². The lowest BCUT2D eigenvalue weighted by Crippen LogP contribution is -2.12. The molecule has 0 saturated carbocycles. The van der Waals surface area contributed by atoms with Gasteiger partial charge in [0.2, 0.25) is 0 Å². The van der Waals surface area contributed by atoms with E-state index in [-0.39, 0.29) is 5.75 Å². The van der Waals surface area contributed by atoms with E-state index < -0.39 is 11.9 Å². The minimum absolute atomic E-state index is 0.148. The fourth-order valence-corrected chi connectivity index (χ4v) is 2.08. The van der Waals surface area contributed by atoms with Crippen LogP contribution in [0.25, 0.3) is 0 Å². The van der Waals surface area contributed by atoms with Crippen molar-refractivity contribution in [3.05, 3.63) is 27.7 Å². The molecule has 1 aromatic rings. The average Bonchev–Trinajstić information content (AvgIpc) is 2.10. The normalized spacial score (nSPS) is 12.5. The Hall–Kier alpha value is -1.03. The van der Waals surface area contributed by atoms with Crippen molar-refractivity contribution < 1.29 is 15.0 Å². The Morgan fingerprint density at radius 2 is 2.13 bits per heavy atom. The zero-order chi connectivity index (χ0) is 11.6. The molecule has 0 amide bonds. The second kappa shape index (κ2) is 4.66. The second-order valence-corrected chi connectivity index (χ2v) is 4.54. The van der Waals surface area contributed by atoms with Crippen molar-refractivity contribution in [3.63, 3.8) is 0 Å². The van der Waals surface area contributed by atoms with Crippen LogP contribution in [-0.2, 0) is 11.2 Å². The number of hydrogen-bond acceptors (Lipinski definition) is 2. The third kappa shape index (κ3) is 2.96. The molecular formula is C11H13BrO3. The van der Waals surface area contributed by atoms with Crippen LogP contribution < -0.4 is 0 Å². The summed E-state index contributed by atoms with van der Waals surface area (Å²) in [7, 11) is 0. The molecule has 0 aromatic heterocycles. The topological polar surface area (TPSA) is 57.5 Å². The van der Waals surface area contributed by atoms with Crippen LogP contribution in [0.1, 0.15) is 18.1 Å². The van der Waals surface area contributed by atoms with Gasteiger partial charge in [0.15, 0.2) is 0 Å². The summed E-state index contributed by atoms with van der Waals surface area (Å²) < 4.78 is 0.758. The summed E-state index contributed by atoms with van der Waals surface area (Å²) in [6, 6.07) is 3.50.